The lowest BCUT2D eigenvalue weighted by Gasteiger charge is -2.07. The fourth-order valence-electron chi connectivity index (χ4n) is 1.20. The van der Waals surface area contributed by atoms with Crippen LogP contribution in [0.5, 0.6) is 5.75 Å². The van der Waals surface area contributed by atoms with Crippen LogP contribution in [0.4, 0.5) is 0 Å². The summed E-state index contributed by atoms with van der Waals surface area (Å²) in [5.41, 5.74) is 2.06. The van der Waals surface area contributed by atoms with Gasteiger partial charge in [-0.15, -0.1) is 0 Å². The number of carboxylic acids is 1. The normalized spacial score (nSPS) is 10.4. The fraction of sp³-hybridized carbons (Fsp3) is 0.214. The highest BCUT2D eigenvalue weighted by atomic mass is 127. The Hall–Kier alpha value is -1.30. The Kier molecular flexibility index (Phi) is 5.91. The smallest absolute Gasteiger partial charge is 0.328 e. The Morgan fingerprint density at radius 3 is 2.72 bits per heavy atom. The van der Waals surface area contributed by atoms with Gasteiger partial charge < -0.3 is 9.84 Å². The van der Waals surface area contributed by atoms with Crippen molar-refractivity contribution < 1.29 is 14.6 Å². The zero-order chi connectivity index (χ0) is 13.5. The number of allylic oxidation sites excluding steroid dienone is 1. The lowest BCUT2D eigenvalue weighted by atomic mass is 10.2. The number of halogens is 1. The van der Waals surface area contributed by atoms with Crippen LogP contribution in [0.25, 0.3) is 6.08 Å². The predicted octanol–water partition coefficient (Wildman–Crippen LogP) is 3.73. The number of aliphatic carboxylic acids is 1. The maximum atomic E-state index is 10.4. The van der Waals surface area contributed by atoms with Crippen molar-refractivity contribution in [3.63, 3.8) is 0 Å². The molecular formula is C14H15IO3. The largest absolute Gasteiger partial charge is 0.488 e. The number of ether oxygens (including phenoxy) is 1. The minimum absolute atomic E-state index is 0.544. The van der Waals surface area contributed by atoms with Crippen molar-refractivity contribution in [2.45, 2.75) is 13.8 Å². The number of carboxylic acid groups (broad SMARTS) is 1. The second-order valence-electron chi connectivity index (χ2n) is 3.95. The predicted molar refractivity (Wildman–Crippen MR) is 80.8 cm³/mol. The van der Waals surface area contributed by atoms with E-state index in [2.05, 4.69) is 22.6 Å². The van der Waals surface area contributed by atoms with Crippen LogP contribution in [0.3, 0.4) is 0 Å². The van der Waals surface area contributed by atoms with Crippen molar-refractivity contribution in [2.24, 2.45) is 0 Å². The van der Waals surface area contributed by atoms with Gasteiger partial charge in [0, 0.05) is 6.08 Å². The molecule has 1 aromatic carbocycles. The molecule has 0 aromatic heterocycles. The summed E-state index contributed by atoms with van der Waals surface area (Å²) in [6, 6.07) is 5.57. The lowest BCUT2D eigenvalue weighted by molar-refractivity contribution is -0.131. The summed E-state index contributed by atoms with van der Waals surface area (Å²) in [5.74, 6) is -0.144. The molecule has 0 heterocycles. The molecule has 1 aromatic rings. The van der Waals surface area contributed by atoms with Crippen molar-refractivity contribution in [2.75, 3.05) is 6.61 Å². The second kappa shape index (κ2) is 7.20. The number of benzene rings is 1. The van der Waals surface area contributed by atoms with Gasteiger partial charge in [0.05, 0.1) is 3.57 Å². The van der Waals surface area contributed by atoms with Gasteiger partial charge in [0.25, 0.3) is 0 Å². The quantitative estimate of drug-likeness (QED) is 0.496. The first-order valence-corrected chi connectivity index (χ1v) is 6.53. The molecule has 0 bridgehead atoms. The van der Waals surface area contributed by atoms with E-state index in [1.165, 1.54) is 5.57 Å². The van der Waals surface area contributed by atoms with E-state index < -0.39 is 5.97 Å². The Morgan fingerprint density at radius 1 is 1.44 bits per heavy atom. The molecule has 0 spiro atoms. The van der Waals surface area contributed by atoms with Gasteiger partial charge in [0.1, 0.15) is 12.4 Å². The van der Waals surface area contributed by atoms with Crippen LogP contribution in [0.15, 0.2) is 35.9 Å². The molecule has 1 N–H and O–H groups in total. The highest BCUT2D eigenvalue weighted by Gasteiger charge is 2.01. The standard InChI is InChI=1S/C14H15IO3/c1-10(2)7-8-18-13-5-3-11(9-12(13)15)4-6-14(16)17/h3-7,9H,8H2,1-2H3,(H,16,17)/b6-4+. The van der Waals surface area contributed by atoms with Crippen molar-refractivity contribution in [1.82, 2.24) is 0 Å². The molecule has 0 amide bonds. The molecule has 18 heavy (non-hydrogen) atoms. The number of hydrogen-bond donors (Lipinski definition) is 1. The molecule has 0 unspecified atom stereocenters. The Labute approximate surface area is 120 Å². The summed E-state index contributed by atoms with van der Waals surface area (Å²) in [7, 11) is 0. The Morgan fingerprint density at radius 2 is 2.17 bits per heavy atom. The Bertz CT molecular complexity index is 486. The highest BCUT2D eigenvalue weighted by molar-refractivity contribution is 14.1. The second-order valence-corrected chi connectivity index (χ2v) is 5.12. The zero-order valence-corrected chi connectivity index (χ0v) is 12.5. The first-order chi connectivity index (χ1) is 8.49. The molecule has 0 saturated heterocycles. The molecule has 0 radical (unpaired) electrons. The van der Waals surface area contributed by atoms with E-state index in [0.717, 1.165) is 21.0 Å². The van der Waals surface area contributed by atoms with Crippen molar-refractivity contribution in [1.29, 1.82) is 0 Å². The first-order valence-electron chi connectivity index (χ1n) is 5.46. The lowest BCUT2D eigenvalue weighted by Crippen LogP contribution is -1.96. The van der Waals surface area contributed by atoms with Gasteiger partial charge in [0.2, 0.25) is 0 Å². The highest BCUT2D eigenvalue weighted by Crippen LogP contribution is 2.22. The SMILES string of the molecule is CC(C)=CCOc1ccc(/C=C/C(=O)O)cc1I. The number of hydrogen-bond acceptors (Lipinski definition) is 2. The van der Waals surface area contributed by atoms with E-state index in [1.807, 2.05) is 38.1 Å². The molecule has 3 nitrogen and oxygen atoms in total. The number of rotatable bonds is 5. The van der Waals surface area contributed by atoms with Crippen molar-refractivity contribution in [3.05, 3.63) is 45.1 Å². The van der Waals surface area contributed by atoms with Crippen LogP contribution in [-0.2, 0) is 4.79 Å². The molecule has 0 aliphatic carbocycles. The third-order valence-electron chi connectivity index (χ3n) is 2.10. The topological polar surface area (TPSA) is 46.5 Å². The molecule has 0 aliphatic heterocycles. The van der Waals surface area contributed by atoms with E-state index in [1.54, 1.807) is 6.08 Å². The molecule has 96 valence electrons. The first kappa shape index (κ1) is 14.8. The third kappa shape index (κ3) is 5.35. The van der Waals surface area contributed by atoms with Gasteiger partial charge in [-0.05, 0) is 66.3 Å². The Balaban J connectivity index is 2.73. The average Bonchev–Trinajstić information content (AvgIpc) is 2.28. The molecule has 1 rings (SSSR count). The van der Waals surface area contributed by atoms with Gasteiger partial charge >= 0.3 is 5.97 Å². The van der Waals surface area contributed by atoms with Crippen LogP contribution < -0.4 is 4.74 Å². The summed E-state index contributed by atoms with van der Waals surface area (Å²) in [4.78, 5) is 10.4. The van der Waals surface area contributed by atoms with E-state index in [-0.39, 0.29) is 0 Å². The van der Waals surface area contributed by atoms with Crippen LogP contribution in [0.2, 0.25) is 0 Å². The fourth-order valence-corrected chi connectivity index (χ4v) is 1.90. The molecule has 0 saturated carbocycles. The summed E-state index contributed by atoms with van der Waals surface area (Å²) < 4.78 is 6.56. The van der Waals surface area contributed by atoms with Crippen LogP contribution >= 0.6 is 22.6 Å². The van der Waals surface area contributed by atoms with Gasteiger partial charge in [0.15, 0.2) is 0 Å². The van der Waals surface area contributed by atoms with Crippen LogP contribution in [0.1, 0.15) is 19.4 Å². The van der Waals surface area contributed by atoms with Gasteiger partial charge in [-0.3, -0.25) is 0 Å². The summed E-state index contributed by atoms with van der Waals surface area (Å²) in [6.07, 6.45) is 4.69. The van der Waals surface area contributed by atoms with Gasteiger partial charge in [-0.1, -0.05) is 11.6 Å². The van der Waals surface area contributed by atoms with Crippen LogP contribution in [0, 0.1) is 3.57 Å². The molecule has 0 fully saturated rings. The van der Waals surface area contributed by atoms with E-state index in [4.69, 9.17) is 9.84 Å². The molecule has 4 heteroatoms. The maximum absolute atomic E-state index is 10.4. The number of carbonyl (C=O) groups is 1. The maximum Gasteiger partial charge on any atom is 0.328 e. The molecule has 0 aliphatic rings. The van der Waals surface area contributed by atoms with Gasteiger partial charge in [-0.25, -0.2) is 4.79 Å². The minimum Gasteiger partial charge on any atom is -0.488 e. The monoisotopic (exact) mass is 358 g/mol. The zero-order valence-electron chi connectivity index (χ0n) is 10.3. The summed E-state index contributed by atoms with van der Waals surface area (Å²) >= 11 is 2.17. The van der Waals surface area contributed by atoms with E-state index in [0.29, 0.717) is 6.61 Å². The summed E-state index contributed by atoms with van der Waals surface area (Å²) in [5, 5.41) is 8.55. The van der Waals surface area contributed by atoms with Crippen molar-refractivity contribution >= 4 is 34.6 Å². The van der Waals surface area contributed by atoms with E-state index >= 15 is 0 Å². The third-order valence-corrected chi connectivity index (χ3v) is 2.95. The van der Waals surface area contributed by atoms with Crippen LogP contribution in [-0.4, -0.2) is 17.7 Å². The minimum atomic E-state index is -0.950. The van der Waals surface area contributed by atoms with Gasteiger partial charge in [-0.2, -0.15) is 0 Å². The van der Waals surface area contributed by atoms with E-state index in [9.17, 15) is 4.79 Å². The summed E-state index contributed by atoms with van der Waals surface area (Å²) in [6.45, 7) is 4.59. The van der Waals surface area contributed by atoms with Crippen molar-refractivity contribution in [3.8, 4) is 5.75 Å². The molecule has 0 atom stereocenters. The average molecular weight is 358 g/mol. The molecular weight excluding hydrogens is 343 g/mol.